The van der Waals surface area contributed by atoms with Crippen molar-refractivity contribution >= 4 is 40.0 Å². The summed E-state index contributed by atoms with van der Waals surface area (Å²) in [6.45, 7) is 11.6. The maximum atomic E-state index is 4.94. The first-order valence-corrected chi connectivity index (χ1v) is 9.95. The molecular weight excluding hydrogens is 391 g/mol. The molecule has 1 aromatic rings. The first-order valence-electron chi connectivity index (χ1n) is 7.61. The van der Waals surface area contributed by atoms with Crippen molar-refractivity contribution < 1.29 is 0 Å². The van der Waals surface area contributed by atoms with Crippen molar-refractivity contribution in [3.8, 4) is 0 Å². The third-order valence-electron chi connectivity index (χ3n) is 4.87. The van der Waals surface area contributed by atoms with Gasteiger partial charge in [-0.1, -0.05) is 28.7 Å². The van der Waals surface area contributed by atoms with E-state index in [0.717, 1.165) is 4.43 Å². The van der Waals surface area contributed by atoms with E-state index in [1.54, 1.807) is 0 Å². The van der Waals surface area contributed by atoms with Gasteiger partial charge in [0.2, 0.25) is 0 Å². The van der Waals surface area contributed by atoms with E-state index in [0.29, 0.717) is 5.92 Å². The van der Waals surface area contributed by atoms with Crippen LogP contribution in [0.2, 0.25) is 0 Å². The highest BCUT2D eigenvalue weighted by molar-refractivity contribution is 14.1. The summed E-state index contributed by atoms with van der Waals surface area (Å²) in [4.78, 5) is 8.82. The molecule has 0 unspecified atom stereocenters. The number of allylic oxidation sites excluding steroid dienone is 1. The van der Waals surface area contributed by atoms with Gasteiger partial charge < -0.3 is 0 Å². The van der Waals surface area contributed by atoms with Crippen LogP contribution in [-0.4, -0.2) is 32.4 Å². The lowest BCUT2D eigenvalue weighted by atomic mass is 9.74. The van der Waals surface area contributed by atoms with Gasteiger partial charge in [-0.25, -0.2) is 4.98 Å². The number of hydrogen-bond acceptors (Lipinski definition) is 3. The van der Waals surface area contributed by atoms with Crippen LogP contribution >= 0.6 is 33.9 Å². The molecule has 0 N–H and O–H groups in total. The van der Waals surface area contributed by atoms with Gasteiger partial charge in [0, 0.05) is 26.3 Å². The zero-order valence-electron chi connectivity index (χ0n) is 14.0. The molecule has 2 nitrogen and oxygen atoms in total. The second-order valence-electron chi connectivity index (χ2n) is 7.34. The third kappa shape index (κ3) is 3.70. The van der Waals surface area contributed by atoms with Crippen molar-refractivity contribution in [1.82, 2.24) is 9.88 Å². The lowest BCUT2D eigenvalue weighted by Crippen LogP contribution is -2.58. The third-order valence-corrected chi connectivity index (χ3v) is 6.53. The van der Waals surface area contributed by atoms with Crippen molar-refractivity contribution in [2.24, 2.45) is 0 Å². The van der Waals surface area contributed by atoms with Crippen molar-refractivity contribution in [3.63, 3.8) is 0 Å². The zero-order valence-corrected chi connectivity index (χ0v) is 17.0. The number of halogens is 1. The van der Waals surface area contributed by atoms with Crippen LogP contribution < -0.4 is 0 Å². The smallest absolute Gasteiger partial charge is 0.0967 e. The van der Waals surface area contributed by atoms with E-state index in [4.69, 9.17) is 4.98 Å². The van der Waals surface area contributed by atoms with Crippen LogP contribution in [0.25, 0.3) is 6.08 Å². The molecule has 0 bridgehead atoms. The monoisotopic (exact) mass is 418 g/mol. The first kappa shape index (κ1) is 17.4. The number of likely N-dealkylation sites (tertiary alicyclic amines) is 1. The minimum Gasteiger partial charge on any atom is -0.296 e. The second-order valence-corrected chi connectivity index (χ2v) is 9.45. The van der Waals surface area contributed by atoms with E-state index in [1.807, 2.05) is 11.3 Å². The molecule has 1 saturated heterocycles. The van der Waals surface area contributed by atoms with Gasteiger partial charge in [-0.3, -0.25) is 4.90 Å². The molecule has 1 aromatic heterocycles. The summed E-state index contributed by atoms with van der Waals surface area (Å²) < 4.78 is 1.04. The predicted molar refractivity (Wildman–Crippen MR) is 103 cm³/mol. The van der Waals surface area contributed by atoms with Gasteiger partial charge in [-0.15, -0.1) is 11.3 Å². The van der Waals surface area contributed by atoms with Gasteiger partial charge in [0.05, 0.1) is 10.7 Å². The number of alkyl halides is 1. The standard InChI is InChI=1S/C17H27IN2S/c1-12-14(8-7-9-18)19-15(21-12)13-10-16(2,3)20(6)17(4,5)11-13/h7-8,13H,9-11H2,1-6H3/b8-7-. The molecule has 118 valence electrons. The first-order chi connectivity index (χ1) is 9.67. The lowest BCUT2D eigenvalue weighted by Gasteiger charge is -2.53. The van der Waals surface area contributed by atoms with Crippen molar-refractivity contribution in [2.75, 3.05) is 11.5 Å². The van der Waals surface area contributed by atoms with Crippen LogP contribution in [0.4, 0.5) is 0 Å². The van der Waals surface area contributed by atoms with E-state index in [1.165, 1.54) is 28.4 Å². The summed E-state index contributed by atoms with van der Waals surface area (Å²) in [7, 11) is 2.26. The normalized spacial score (nSPS) is 23.0. The summed E-state index contributed by atoms with van der Waals surface area (Å²) >= 11 is 4.26. The molecule has 4 heteroatoms. The fraction of sp³-hybridized carbons (Fsp3) is 0.706. The topological polar surface area (TPSA) is 16.1 Å². The van der Waals surface area contributed by atoms with Gasteiger partial charge in [0.25, 0.3) is 0 Å². The highest BCUT2D eigenvalue weighted by Gasteiger charge is 2.44. The Morgan fingerprint density at radius 1 is 1.29 bits per heavy atom. The van der Waals surface area contributed by atoms with Gasteiger partial charge in [-0.05, 0) is 60.6 Å². The minimum absolute atomic E-state index is 0.226. The Kier molecular flexibility index (Phi) is 5.21. The number of rotatable bonds is 3. The van der Waals surface area contributed by atoms with Gasteiger partial charge >= 0.3 is 0 Å². The molecular formula is C17H27IN2S. The largest absolute Gasteiger partial charge is 0.296 e. The van der Waals surface area contributed by atoms with E-state index in [2.05, 4.69) is 81.3 Å². The summed E-state index contributed by atoms with van der Waals surface area (Å²) in [5.74, 6) is 0.580. The summed E-state index contributed by atoms with van der Waals surface area (Å²) in [6, 6.07) is 0. The molecule has 0 spiro atoms. The number of nitrogens with zero attached hydrogens (tertiary/aromatic N) is 2. The van der Waals surface area contributed by atoms with Crippen molar-refractivity contribution in [3.05, 3.63) is 21.7 Å². The Morgan fingerprint density at radius 3 is 2.38 bits per heavy atom. The van der Waals surface area contributed by atoms with Crippen LogP contribution in [-0.2, 0) is 0 Å². The average Bonchev–Trinajstić information content (AvgIpc) is 2.74. The Morgan fingerprint density at radius 2 is 1.86 bits per heavy atom. The molecule has 21 heavy (non-hydrogen) atoms. The predicted octanol–water partition coefficient (Wildman–Crippen LogP) is 5.27. The summed E-state index contributed by atoms with van der Waals surface area (Å²) in [6.07, 6.45) is 6.74. The van der Waals surface area contributed by atoms with Crippen LogP contribution in [0.1, 0.15) is 62.0 Å². The van der Waals surface area contributed by atoms with E-state index in [-0.39, 0.29) is 11.1 Å². The van der Waals surface area contributed by atoms with Gasteiger partial charge in [0.1, 0.15) is 0 Å². The summed E-state index contributed by atoms with van der Waals surface area (Å²) in [5, 5.41) is 1.33. The molecule has 2 rings (SSSR count). The Hall–Kier alpha value is 0.0600. The van der Waals surface area contributed by atoms with Crippen LogP contribution in [0, 0.1) is 6.92 Å². The van der Waals surface area contributed by atoms with Gasteiger partial charge in [0.15, 0.2) is 0 Å². The number of hydrogen-bond donors (Lipinski definition) is 0. The maximum Gasteiger partial charge on any atom is 0.0967 e. The van der Waals surface area contributed by atoms with Crippen LogP contribution in [0.15, 0.2) is 6.08 Å². The van der Waals surface area contributed by atoms with Crippen molar-refractivity contribution in [2.45, 2.75) is 64.5 Å². The van der Waals surface area contributed by atoms with E-state index < -0.39 is 0 Å². The van der Waals surface area contributed by atoms with Crippen molar-refractivity contribution in [1.29, 1.82) is 0 Å². The van der Waals surface area contributed by atoms with E-state index in [9.17, 15) is 0 Å². The maximum absolute atomic E-state index is 4.94. The number of aryl methyl sites for hydroxylation is 1. The number of piperidine rings is 1. The highest BCUT2D eigenvalue weighted by Crippen LogP contribution is 2.45. The van der Waals surface area contributed by atoms with Crippen LogP contribution in [0.3, 0.4) is 0 Å². The molecule has 0 aliphatic carbocycles. The number of aromatic nitrogens is 1. The molecule has 1 aliphatic heterocycles. The lowest BCUT2D eigenvalue weighted by molar-refractivity contribution is -0.0128. The highest BCUT2D eigenvalue weighted by atomic mass is 127. The molecule has 1 fully saturated rings. The molecule has 2 heterocycles. The SMILES string of the molecule is Cc1sc(C2CC(C)(C)N(C)C(C)(C)C2)nc1/C=C\CI. The van der Waals surface area contributed by atoms with Gasteiger partial charge in [-0.2, -0.15) is 0 Å². The quantitative estimate of drug-likeness (QED) is 0.491. The zero-order chi connectivity index (χ0) is 15.8. The molecule has 0 amide bonds. The molecule has 1 aliphatic rings. The minimum atomic E-state index is 0.226. The second kappa shape index (κ2) is 6.28. The Labute approximate surface area is 147 Å². The molecule has 0 saturated carbocycles. The molecule has 0 radical (unpaired) electrons. The fourth-order valence-corrected chi connectivity index (χ4v) is 4.72. The Balaban J connectivity index is 2.28. The fourth-order valence-electron chi connectivity index (χ4n) is 3.46. The Bertz CT molecular complexity index is 513. The number of thiazole rings is 1. The average molecular weight is 418 g/mol. The summed E-state index contributed by atoms with van der Waals surface area (Å²) in [5.41, 5.74) is 1.62. The van der Waals surface area contributed by atoms with Crippen LogP contribution in [0.5, 0.6) is 0 Å². The molecule has 0 aromatic carbocycles. The molecule has 0 atom stereocenters. The van der Waals surface area contributed by atoms with E-state index >= 15 is 0 Å².